The first-order valence-electron chi connectivity index (χ1n) is 6.27. The van der Waals surface area contributed by atoms with Crippen molar-refractivity contribution < 1.29 is 5.11 Å². The molecule has 0 aromatic heterocycles. The lowest BCUT2D eigenvalue weighted by Gasteiger charge is -2.29. The molecule has 1 aromatic rings. The fourth-order valence-corrected chi connectivity index (χ4v) is 1.86. The molecule has 0 bridgehead atoms. The van der Waals surface area contributed by atoms with Crippen molar-refractivity contribution in [1.82, 2.24) is 0 Å². The van der Waals surface area contributed by atoms with Crippen LogP contribution in [0.5, 0.6) is 0 Å². The lowest BCUT2D eigenvalue weighted by Crippen LogP contribution is -2.31. The lowest BCUT2D eigenvalue weighted by molar-refractivity contribution is 0.0576. The number of hydrogen-bond acceptors (Lipinski definition) is 2. The molecule has 0 fully saturated rings. The van der Waals surface area contributed by atoms with Gasteiger partial charge in [-0.25, -0.2) is 0 Å². The summed E-state index contributed by atoms with van der Waals surface area (Å²) in [6.07, 6.45) is 0.544. The zero-order valence-electron chi connectivity index (χ0n) is 11.7. The number of rotatable bonds is 4. The number of hydrogen-bond donors (Lipinski definition) is 1. The summed E-state index contributed by atoms with van der Waals surface area (Å²) in [5.74, 6) is 0. The largest absolute Gasteiger partial charge is 0.393 e. The van der Waals surface area contributed by atoms with Crippen LogP contribution in [-0.4, -0.2) is 24.8 Å². The first-order chi connectivity index (χ1) is 7.82. The van der Waals surface area contributed by atoms with Crippen molar-refractivity contribution in [1.29, 1.82) is 0 Å². The molecular weight excluding hydrogens is 210 g/mol. The molecule has 0 amide bonds. The quantitative estimate of drug-likeness (QED) is 0.866. The van der Waals surface area contributed by atoms with Gasteiger partial charge in [0.15, 0.2) is 0 Å². The van der Waals surface area contributed by atoms with Gasteiger partial charge in [0, 0.05) is 19.3 Å². The molecule has 0 aliphatic carbocycles. The molecule has 0 saturated carbocycles. The number of benzene rings is 1. The highest BCUT2D eigenvalue weighted by atomic mass is 16.3. The first kappa shape index (κ1) is 14.0. The molecular formula is C15H25NO. The molecule has 0 aliphatic heterocycles. The Kier molecular flexibility index (Phi) is 4.58. The predicted molar refractivity (Wildman–Crippen MR) is 74.5 cm³/mol. The van der Waals surface area contributed by atoms with E-state index in [1.807, 2.05) is 0 Å². The van der Waals surface area contributed by atoms with Gasteiger partial charge < -0.3 is 10.0 Å². The Labute approximate surface area is 105 Å². The maximum atomic E-state index is 10.0. The number of anilines is 1. The summed E-state index contributed by atoms with van der Waals surface area (Å²) in [7, 11) is 2.08. The van der Waals surface area contributed by atoms with E-state index in [1.165, 1.54) is 11.3 Å². The van der Waals surface area contributed by atoms with E-state index >= 15 is 0 Å². The standard InChI is InChI=1S/C15H25NO/c1-12-8-6-7-9-13(12)16(5)11-10-14(17)15(2,3)4/h6-9,14,17H,10-11H2,1-5H3. The van der Waals surface area contributed by atoms with E-state index in [4.69, 9.17) is 0 Å². The fourth-order valence-electron chi connectivity index (χ4n) is 1.86. The molecule has 17 heavy (non-hydrogen) atoms. The summed E-state index contributed by atoms with van der Waals surface area (Å²) in [6, 6.07) is 8.35. The fraction of sp³-hybridized carbons (Fsp3) is 0.600. The van der Waals surface area contributed by atoms with Crippen molar-refractivity contribution in [2.24, 2.45) is 5.41 Å². The van der Waals surface area contributed by atoms with Gasteiger partial charge in [0.05, 0.1) is 6.10 Å². The van der Waals surface area contributed by atoms with Crippen molar-refractivity contribution in [2.45, 2.75) is 40.2 Å². The van der Waals surface area contributed by atoms with Crippen LogP contribution in [0.4, 0.5) is 5.69 Å². The molecule has 0 heterocycles. The van der Waals surface area contributed by atoms with Gasteiger partial charge in [0.25, 0.3) is 0 Å². The Hall–Kier alpha value is -1.02. The van der Waals surface area contributed by atoms with E-state index in [1.54, 1.807) is 0 Å². The summed E-state index contributed by atoms with van der Waals surface area (Å²) in [4.78, 5) is 2.21. The molecule has 1 N–H and O–H groups in total. The zero-order chi connectivity index (χ0) is 13.1. The molecule has 1 atom stereocenters. The molecule has 0 saturated heterocycles. The van der Waals surface area contributed by atoms with Crippen LogP contribution in [0.3, 0.4) is 0 Å². The van der Waals surface area contributed by atoms with E-state index in [0.29, 0.717) is 0 Å². The Balaban J connectivity index is 2.57. The van der Waals surface area contributed by atoms with Crippen LogP contribution < -0.4 is 4.90 Å². The zero-order valence-corrected chi connectivity index (χ0v) is 11.7. The predicted octanol–water partition coefficient (Wildman–Crippen LogP) is 3.23. The Morgan fingerprint density at radius 1 is 1.24 bits per heavy atom. The number of aliphatic hydroxyl groups is 1. The van der Waals surface area contributed by atoms with E-state index in [9.17, 15) is 5.11 Å². The van der Waals surface area contributed by atoms with Crippen molar-refractivity contribution in [2.75, 3.05) is 18.5 Å². The van der Waals surface area contributed by atoms with Crippen LogP contribution in [0.2, 0.25) is 0 Å². The van der Waals surface area contributed by atoms with Crippen LogP contribution in [-0.2, 0) is 0 Å². The monoisotopic (exact) mass is 235 g/mol. The average Bonchev–Trinajstić information content (AvgIpc) is 2.24. The molecule has 1 rings (SSSR count). The van der Waals surface area contributed by atoms with Crippen LogP contribution in [0.25, 0.3) is 0 Å². The van der Waals surface area contributed by atoms with Crippen LogP contribution in [0, 0.1) is 12.3 Å². The average molecular weight is 235 g/mol. The second-order valence-corrected chi connectivity index (χ2v) is 5.88. The minimum absolute atomic E-state index is 0.0351. The molecule has 1 aromatic carbocycles. The van der Waals surface area contributed by atoms with E-state index in [-0.39, 0.29) is 11.5 Å². The topological polar surface area (TPSA) is 23.5 Å². The van der Waals surface area contributed by atoms with Gasteiger partial charge in [0.1, 0.15) is 0 Å². The summed E-state index contributed by atoms with van der Waals surface area (Å²) < 4.78 is 0. The van der Waals surface area contributed by atoms with Gasteiger partial charge >= 0.3 is 0 Å². The van der Waals surface area contributed by atoms with Gasteiger partial charge in [0.2, 0.25) is 0 Å². The highest BCUT2D eigenvalue weighted by Gasteiger charge is 2.22. The van der Waals surface area contributed by atoms with Crippen molar-refractivity contribution in [3.8, 4) is 0 Å². The van der Waals surface area contributed by atoms with Crippen LogP contribution in [0.1, 0.15) is 32.8 Å². The molecule has 0 spiro atoms. The second-order valence-electron chi connectivity index (χ2n) is 5.88. The van der Waals surface area contributed by atoms with Crippen molar-refractivity contribution in [3.63, 3.8) is 0 Å². The third-order valence-electron chi connectivity index (χ3n) is 3.26. The number of nitrogens with zero attached hydrogens (tertiary/aromatic N) is 1. The Morgan fingerprint density at radius 3 is 2.35 bits per heavy atom. The Bertz CT molecular complexity index is 354. The van der Waals surface area contributed by atoms with E-state index in [0.717, 1.165) is 13.0 Å². The van der Waals surface area contributed by atoms with Gasteiger partial charge in [-0.3, -0.25) is 0 Å². The minimum atomic E-state index is -0.256. The van der Waals surface area contributed by atoms with Crippen molar-refractivity contribution in [3.05, 3.63) is 29.8 Å². The maximum absolute atomic E-state index is 10.0. The normalized spacial score (nSPS) is 13.5. The number of aliphatic hydroxyl groups excluding tert-OH is 1. The second kappa shape index (κ2) is 5.54. The van der Waals surface area contributed by atoms with Crippen LogP contribution >= 0.6 is 0 Å². The number of aryl methyl sites for hydroxylation is 1. The van der Waals surface area contributed by atoms with E-state index in [2.05, 4.69) is 63.9 Å². The summed E-state index contributed by atoms with van der Waals surface area (Å²) >= 11 is 0. The smallest absolute Gasteiger partial charge is 0.0605 e. The lowest BCUT2D eigenvalue weighted by atomic mass is 9.87. The number of para-hydroxylation sites is 1. The van der Waals surface area contributed by atoms with Gasteiger partial charge in [-0.05, 0) is 30.4 Å². The van der Waals surface area contributed by atoms with Gasteiger partial charge in [-0.15, -0.1) is 0 Å². The first-order valence-corrected chi connectivity index (χ1v) is 6.27. The third-order valence-corrected chi connectivity index (χ3v) is 3.26. The van der Waals surface area contributed by atoms with Crippen LogP contribution in [0.15, 0.2) is 24.3 Å². The van der Waals surface area contributed by atoms with Gasteiger partial charge in [-0.1, -0.05) is 39.0 Å². The summed E-state index contributed by atoms with van der Waals surface area (Å²) in [5, 5.41) is 10.0. The maximum Gasteiger partial charge on any atom is 0.0605 e. The highest BCUT2D eigenvalue weighted by Crippen LogP contribution is 2.23. The third kappa shape index (κ3) is 4.04. The SMILES string of the molecule is Cc1ccccc1N(C)CCC(O)C(C)(C)C. The Morgan fingerprint density at radius 2 is 1.82 bits per heavy atom. The molecule has 1 unspecified atom stereocenters. The molecule has 96 valence electrons. The summed E-state index contributed by atoms with van der Waals surface area (Å²) in [6.45, 7) is 9.22. The molecule has 2 nitrogen and oxygen atoms in total. The van der Waals surface area contributed by atoms with E-state index < -0.39 is 0 Å². The summed E-state index contributed by atoms with van der Waals surface area (Å²) in [5.41, 5.74) is 2.49. The molecule has 0 aliphatic rings. The molecule has 0 radical (unpaired) electrons. The highest BCUT2D eigenvalue weighted by molar-refractivity contribution is 5.52. The minimum Gasteiger partial charge on any atom is -0.393 e. The molecule has 2 heteroatoms. The van der Waals surface area contributed by atoms with Crippen molar-refractivity contribution >= 4 is 5.69 Å². The van der Waals surface area contributed by atoms with Gasteiger partial charge in [-0.2, -0.15) is 0 Å².